The predicted molar refractivity (Wildman–Crippen MR) is 90.6 cm³/mol. The highest BCUT2D eigenvalue weighted by molar-refractivity contribution is 5.00. The van der Waals surface area contributed by atoms with Gasteiger partial charge >= 0.3 is 0 Å². The molecule has 124 valence electrons. The maximum Gasteiger partial charge on any atom is 0.0833 e. The molecule has 21 heavy (non-hydrogen) atoms. The molecule has 2 rings (SSSR count). The first-order valence-corrected chi connectivity index (χ1v) is 9.40. The Kier molecular flexibility index (Phi) is 6.55. The van der Waals surface area contributed by atoms with Crippen molar-refractivity contribution in [2.45, 2.75) is 90.2 Å². The molecule has 3 atom stereocenters. The molecular formula is C19H37NO. The third kappa shape index (κ3) is 4.22. The second-order valence-electron chi connectivity index (χ2n) is 7.92. The van der Waals surface area contributed by atoms with Gasteiger partial charge in [0.1, 0.15) is 0 Å². The number of methoxy groups -OCH3 is 1. The van der Waals surface area contributed by atoms with Gasteiger partial charge in [0, 0.05) is 13.2 Å². The first kappa shape index (κ1) is 17.3. The van der Waals surface area contributed by atoms with Crippen LogP contribution in [0.1, 0.15) is 78.6 Å². The van der Waals surface area contributed by atoms with Crippen LogP contribution in [0.5, 0.6) is 0 Å². The van der Waals surface area contributed by atoms with E-state index < -0.39 is 0 Å². The standard InChI is InChI=1S/C19H37NO/c1-5-13-20-18(17-8-6-7-16(3)14-17)19(21-4)11-9-15(2)10-12-19/h15-18,20H,5-14H2,1-4H3. The second kappa shape index (κ2) is 7.97. The van der Waals surface area contributed by atoms with Crippen molar-refractivity contribution in [2.24, 2.45) is 17.8 Å². The number of hydrogen-bond donors (Lipinski definition) is 1. The van der Waals surface area contributed by atoms with Gasteiger partial charge in [-0.05, 0) is 69.2 Å². The molecule has 0 spiro atoms. The zero-order valence-corrected chi connectivity index (χ0v) is 14.8. The molecule has 3 unspecified atom stereocenters. The summed E-state index contributed by atoms with van der Waals surface area (Å²) in [6.07, 6.45) is 12.0. The summed E-state index contributed by atoms with van der Waals surface area (Å²) in [5.41, 5.74) is 0.101. The third-order valence-corrected chi connectivity index (χ3v) is 6.16. The lowest BCUT2D eigenvalue weighted by Gasteiger charge is -2.49. The van der Waals surface area contributed by atoms with Gasteiger partial charge in [0.05, 0.1) is 5.60 Å². The molecule has 0 radical (unpaired) electrons. The zero-order chi connectivity index (χ0) is 15.3. The van der Waals surface area contributed by atoms with Crippen LogP contribution in [-0.2, 0) is 4.74 Å². The van der Waals surface area contributed by atoms with Crippen LogP contribution in [0.3, 0.4) is 0 Å². The van der Waals surface area contributed by atoms with Crippen LogP contribution in [0.4, 0.5) is 0 Å². The lowest BCUT2D eigenvalue weighted by molar-refractivity contribution is -0.0932. The van der Waals surface area contributed by atoms with Gasteiger partial charge in [0.25, 0.3) is 0 Å². The van der Waals surface area contributed by atoms with Gasteiger partial charge in [-0.15, -0.1) is 0 Å². The Balaban J connectivity index is 2.12. The Morgan fingerprint density at radius 1 is 1.10 bits per heavy atom. The summed E-state index contributed by atoms with van der Waals surface area (Å²) in [7, 11) is 1.96. The summed E-state index contributed by atoms with van der Waals surface area (Å²) in [6.45, 7) is 8.24. The van der Waals surface area contributed by atoms with E-state index in [0.29, 0.717) is 6.04 Å². The van der Waals surface area contributed by atoms with Crippen molar-refractivity contribution >= 4 is 0 Å². The normalized spacial score (nSPS) is 39.1. The van der Waals surface area contributed by atoms with E-state index in [4.69, 9.17) is 4.74 Å². The van der Waals surface area contributed by atoms with Crippen molar-refractivity contribution in [2.75, 3.05) is 13.7 Å². The fourth-order valence-electron chi connectivity index (χ4n) is 4.76. The van der Waals surface area contributed by atoms with Crippen LogP contribution in [0.15, 0.2) is 0 Å². The molecule has 2 nitrogen and oxygen atoms in total. The van der Waals surface area contributed by atoms with Gasteiger partial charge in [-0.25, -0.2) is 0 Å². The highest BCUT2D eigenvalue weighted by atomic mass is 16.5. The predicted octanol–water partition coefficient (Wildman–Crippen LogP) is 4.78. The SMILES string of the molecule is CCCNC(C1CCCC(C)C1)C1(OC)CCC(C)CC1. The minimum Gasteiger partial charge on any atom is -0.377 e. The van der Waals surface area contributed by atoms with Crippen LogP contribution in [0, 0.1) is 17.8 Å². The van der Waals surface area contributed by atoms with Gasteiger partial charge in [0.15, 0.2) is 0 Å². The van der Waals surface area contributed by atoms with Crippen molar-refractivity contribution in [3.63, 3.8) is 0 Å². The van der Waals surface area contributed by atoms with E-state index in [2.05, 4.69) is 26.1 Å². The van der Waals surface area contributed by atoms with E-state index in [1.165, 1.54) is 57.8 Å². The molecule has 0 bridgehead atoms. The quantitative estimate of drug-likeness (QED) is 0.761. The van der Waals surface area contributed by atoms with E-state index in [0.717, 1.165) is 24.3 Å². The fourth-order valence-corrected chi connectivity index (χ4v) is 4.76. The molecule has 2 aliphatic carbocycles. The average molecular weight is 296 g/mol. The molecule has 2 saturated carbocycles. The fraction of sp³-hybridized carbons (Fsp3) is 1.00. The van der Waals surface area contributed by atoms with Crippen LogP contribution in [0.25, 0.3) is 0 Å². The minimum atomic E-state index is 0.101. The maximum atomic E-state index is 6.21. The van der Waals surface area contributed by atoms with Crippen molar-refractivity contribution in [3.05, 3.63) is 0 Å². The second-order valence-corrected chi connectivity index (χ2v) is 7.92. The summed E-state index contributed by atoms with van der Waals surface area (Å²) in [5.74, 6) is 2.59. The van der Waals surface area contributed by atoms with Crippen molar-refractivity contribution in [1.29, 1.82) is 0 Å². The Hall–Kier alpha value is -0.0800. The largest absolute Gasteiger partial charge is 0.377 e. The van der Waals surface area contributed by atoms with E-state index in [-0.39, 0.29) is 5.60 Å². The number of ether oxygens (including phenoxy) is 1. The average Bonchev–Trinajstić information content (AvgIpc) is 2.50. The Bertz CT molecular complexity index is 296. The molecule has 2 aliphatic rings. The molecule has 1 N–H and O–H groups in total. The molecule has 0 aliphatic heterocycles. The highest BCUT2D eigenvalue weighted by Crippen LogP contribution is 2.43. The van der Waals surface area contributed by atoms with Gasteiger partial charge in [-0.1, -0.05) is 33.6 Å². The molecule has 0 aromatic carbocycles. The summed E-state index contributed by atoms with van der Waals surface area (Å²) in [4.78, 5) is 0. The molecule has 0 aromatic rings. The first-order chi connectivity index (χ1) is 10.1. The monoisotopic (exact) mass is 295 g/mol. The lowest BCUT2D eigenvalue weighted by Crippen LogP contribution is -2.58. The topological polar surface area (TPSA) is 21.3 Å². The van der Waals surface area contributed by atoms with Gasteiger partial charge in [-0.3, -0.25) is 0 Å². The molecule has 2 heteroatoms. The first-order valence-electron chi connectivity index (χ1n) is 9.40. The molecule has 2 fully saturated rings. The van der Waals surface area contributed by atoms with Crippen LogP contribution >= 0.6 is 0 Å². The minimum absolute atomic E-state index is 0.101. The Morgan fingerprint density at radius 3 is 2.38 bits per heavy atom. The summed E-state index contributed by atoms with van der Waals surface area (Å²) in [5, 5.41) is 3.91. The maximum absolute atomic E-state index is 6.21. The van der Waals surface area contributed by atoms with E-state index >= 15 is 0 Å². The molecule has 0 aromatic heterocycles. The molecule has 0 saturated heterocycles. The summed E-state index contributed by atoms with van der Waals surface area (Å²) >= 11 is 0. The lowest BCUT2D eigenvalue weighted by atomic mass is 9.67. The van der Waals surface area contributed by atoms with Crippen LogP contribution < -0.4 is 5.32 Å². The highest BCUT2D eigenvalue weighted by Gasteiger charge is 2.45. The van der Waals surface area contributed by atoms with E-state index in [9.17, 15) is 0 Å². The van der Waals surface area contributed by atoms with Crippen molar-refractivity contribution < 1.29 is 4.74 Å². The van der Waals surface area contributed by atoms with Gasteiger partial charge in [0.2, 0.25) is 0 Å². The van der Waals surface area contributed by atoms with E-state index in [1.807, 2.05) is 7.11 Å². The summed E-state index contributed by atoms with van der Waals surface area (Å²) in [6, 6.07) is 0.567. The number of rotatable bonds is 6. The van der Waals surface area contributed by atoms with E-state index in [1.54, 1.807) is 0 Å². The van der Waals surface area contributed by atoms with Crippen LogP contribution in [-0.4, -0.2) is 25.3 Å². The summed E-state index contributed by atoms with van der Waals surface area (Å²) < 4.78 is 6.21. The van der Waals surface area contributed by atoms with Crippen molar-refractivity contribution in [1.82, 2.24) is 5.32 Å². The number of nitrogens with one attached hydrogen (secondary N) is 1. The molecular weight excluding hydrogens is 258 g/mol. The van der Waals surface area contributed by atoms with Gasteiger partial charge < -0.3 is 10.1 Å². The molecule has 0 amide bonds. The van der Waals surface area contributed by atoms with Gasteiger partial charge in [-0.2, -0.15) is 0 Å². The number of hydrogen-bond acceptors (Lipinski definition) is 2. The Labute approximate surface area is 132 Å². The molecule has 0 heterocycles. The third-order valence-electron chi connectivity index (χ3n) is 6.16. The Morgan fingerprint density at radius 2 is 1.81 bits per heavy atom. The van der Waals surface area contributed by atoms with Crippen LogP contribution in [0.2, 0.25) is 0 Å². The van der Waals surface area contributed by atoms with Crippen molar-refractivity contribution in [3.8, 4) is 0 Å². The zero-order valence-electron chi connectivity index (χ0n) is 14.8. The smallest absolute Gasteiger partial charge is 0.0833 e.